The highest BCUT2D eigenvalue weighted by Crippen LogP contribution is 2.23. The Labute approximate surface area is 206 Å². The number of piperidine rings is 1. The number of fused-ring (bicyclic) bond motifs is 1. The van der Waals surface area contributed by atoms with Crippen LogP contribution in [0.2, 0.25) is 0 Å². The Balaban J connectivity index is 1.17. The Morgan fingerprint density at radius 2 is 1.71 bits per heavy atom. The summed E-state index contributed by atoms with van der Waals surface area (Å²) in [6.07, 6.45) is 11.9. The van der Waals surface area contributed by atoms with Crippen LogP contribution in [0.4, 0.5) is 5.95 Å². The van der Waals surface area contributed by atoms with Crippen LogP contribution >= 0.6 is 0 Å². The summed E-state index contributed by atoms with van der Waals surface area (Å²) in [7, 11) is -3.23. The number of benzene rings is 1. The topological polar surface area (TPSA) is 93.0 Å². The molecule has 1 aliphatic rings. The molecule has 35 heavy (non-hydrogen) atoms. The van der Waals surface area contributed by atoms with Gasteiger partial charge in [0.1, 0.15) is 5.82 Å². The largest absolute Gasteiger partial charge is 0.341 e. The van der Waals surface area contributed by atoms with Gasteiger partial charge in [0.05, 0.1) is 10.4 Å². The van der Waals surface area contributed by atoms with E-state index in [4.69, 9.17) is 0 Å². The number of hydrogen-bond acceptors (Lipinski definition) is 7. The van der Waals surface area contributed by atoms with Crippen molar-refractivity contribution in [3.05, 3.63) is 72.3 Å². The first-order valence-electron chi connectivity index (χ1n) is 12.0. The number of nitrogens with one attached hydrogen (secondary N) is 1. The number of aryl methyl sites for hydroxylation is 1. The van der Waals surface area contributed by atoms with E-state index < -0.39 is 9.84 Å². The van der Waals surface area contributed by atoms with E-state index in [0.717, 1.165) is 72.7 Å². The zero-order valence-electron chi connectivity index (χ0n) is 20.1. The van der Waals surface area contributed by atoms with Gasteiger partial charge in [0, 0.05) is 62.1 Å². The van der Waals surface area contributed by atoms with E-state index in [-0.39, 0.29) is 0 Å². The summed E-state index contributed by atoms with van der Waals surface area (Å²) in [6.45, 7) is 4.77. The lowest BCUT2D eigenvalue weighted by Crippen LogP contribution is -2.42. The molecule has 1 fully saturated rings. The van der Waals surface area contributed by atoms with Crippen molar-refractivity contribution in [2.45, 2.75) is 43.7 Å². The molecular weight excluding hydrogens is 460 g/mol. The Morgan fingerprint density at radius 3 is 2.37 bits per heavy atom. The highest BCUT2D eigenvalue weighted by molar-refractivity contribution is 7.90. The molecule has 1 N–H and O–H groups in total. The fraction of sp³-hybridized carbons (Fsp3) is 0.346. The van der Waals surface area contributed by atoms with Crippen LogP contribution in [-0.2, 0) is 22.8 Å². The average Bonchev–Trinajstić information content (AvgIpc) is 3.31. The van der Waals surface area contributed by atoms with E-state index in [1.165, 1.54) is 6.26 Å². The Morgan fingerprint density at radius 1 is 0.971 bits per heavy atom. The Bertz CT molecular complexity index is 1410. The van der Waals surface area contributed by atoms with Crippen LogP contribution in [0.5, 0.6) is 0 Å². The van der Waals surface area contributed by atoms with Gasteiger partial charge in [-0.05, 0) is 60.7 Å². The minimum Gasteiger partial charge on any atom is -0.341 e. The van der Waals surface area contributed by atoms with Gasteiger partial charge in [0.15, 0.2) is 9.84 Å². The van der Waals surface area contributed by atoms with Gasteiger partial charge in [-0.3, -0.25) is 0 Å². The maximum atomic E-state index is 11.8. The molecule has 1 aromatic carbocycles. The van der Waals surface area contributed by atoms with Gasteiger partial charge in [-0.15, -0.1) is 0 Å². The summed E-state index contributed by atoms with van der Waals surface area (Å²) < 4.78 is 25.6. The minimum atomic E-state index is -3.23. The summed E-state index contributed by atoms with van der Waals surface area (Å²) in [5.41, 5.74) is 3.22. The quantitative estimate of drug-likeness (QED) is 0.424. The van der Waals surface area contributed by atoms with Gasteiger partial charge >= 0.3 is 0 Å². The molecule has 9 heteroatoms. The molecule has 0 spiro atoms. The predicted octanol–water partition coefficient (Wildman–Crippen LogP) is 3.54. The van der Waals surface area contributed by atoms with Crippen molar-refractivity contribution in [3.8, 4) is 5.82 Å². The van der Waals surface area contributed by atoms with Crippen LogP contribution in [0, 0.1) is 0 Å². The highest BCUT2D eigenvalue weighted by atomic mass is 32.2. The SMILES string of the molecule is CCc1cnc(N2CCC(NCc3ccc(-n4ccc5cc(S(C)(=O)=O)ccc54)nc3)CC2)nc1. The molecule has 8 nitrogen and oxygen atoms in total. The molecule has 0 unspecified atom stereocenters. The van der Waals surface area contributed by atoms with Gasteiger partial charge in [-0.2, -0.15) is 0 Å². The third-order valence-electron chi connectivity index (χ3n) is 6.62. The maximum absolute atomic E-state index is 11.8. The summed E-state index contributed by atoms with van der Waals surface area (Å²) in [6, 6.07) is 11.6. The number of pyridine rings is 1. The van der Waals surface area contributed by atoms with Crippen molar-refractivity contribution in [1.29, 1.82) is 0 Å². The molecule has 0 aliphatic carbocycles. The van der Waals surface area contributed by atoms with Crippen molar-refractivity contribution >= 4 is 26.7 Å². The molecule has 0 atom stereocenters. The van der Waals surface area contributed by atoms with Crippen molar-refractivity contribution in [3.63, 3.8) is 0 Å². The molecule has 0 amide bonds. The number of aromatic nitrogens is 4. The second kappa shape index (κ2) is 9.75. The first-order chi connectivity index (χ1) is 16.9. The number of hydrogen-bond donors (Lipinski definition) is 1. The molecule has 1 saturated heterocycles. The van der Waals surface area contributed by atoms with Crippen LogP contribution in [0.1, 0.15) is 30.9 Å². The molecule has 182 valence electrons. The number of rotatable bonds is 7. The summed E-state index contributed by atoms with van der Waals surface area (Å²) in [4.78, 5) is 16.3. The zero-order valence-corrected chi connectivity index (χ0v) is 20.9. The van der Waals surface area contributed by atoms with E-state index in [2.05, 4.69) is 38.2 Å². The van der Waals surface area contributed by atoms with Gasteiger partial charge in [-0.1, -0.05) is 13.0 Å². The summed E-state index contributed by atoms with van der Waals surface area (Å²) in [5, 5.41) is 4.53. The van der Waals surface area contributed by atoms with E-state index in [1.54, 1.807) is 12.1 Å². The smallest absolute Gasteiger partial charge is 0.225 e. The van der Waals surface area contributed by atoms with E-state index in [0.29, 0.717) is 10.9 Å². The van der Waals surface area contributed by atoms with Crippen LogP contribution in [-0.4, -0.2) is 53.3 Å². The molecule has 0 bridgehead atoms. The minimum absolute atomic E-state index is 0.324. The maximum Gasteiger partial charge on any atom is 0.225 e. The number of anilines is 1. The third-order valence-corrected chi connectivity index (χ3v) is 7.73. The molecular formula is C26H30N6O2S. The van der Waals surface area contributed by atoms with Crippen LogP contribution < -0.4 is 10.2 Å². The van der Waals surface area contributed by atoms with Crippen molar-refractivity contribution in [2.24, 2.45) is 0 Å². The van der Waals surface area contributed by atoms with Crippen molar-refractivity contribution in [2.75, 3.05) is 24.2 Å². The fourth-order valence-electron chi connectivity index (χ4n) is 4.45. The number of nitrogens with zero attached hydrogens (tertiary/aromatic N) is 5. The molecule has 1 aliphatic heterocycles. The second-order valence-electron chi connectivity index (χ2n) is 9.09. The Hall–Kier alpha value is -3.30. The van der Waals surface area contributed by atoms with E-state index in [9.17, 15) is 8.42 Å². The van der Waals surface area contributed by atoms with E-state index >= 15 is 0 Å². The predicted molar refractivity (Wildman–Crippen MR) is 138 cm³/mol. The second-order valence-corrected chi connectivity index (χ2v) is 11.1. The lowest BCUT2D eigenvalue weighted by Gasteiger charge is -2.32. The lowest BCUT2D eigenvalue weighted by molar-refractivity contribution is 0.411. The monoisotopic (exact) mass is 490 g/mol. The third kappa shape index (κ3) is 5.21. The first-order valence-corrected chi connectivity index (χ1v) is 13.9. The van der Waals surface area contributed by atoms with Gasteiger partial charge in [0.25, 0.3) is 0 Å². The highest BCUT2D eigenvalue weighted by Gasteiger charge is 2.20. The van der Waals surface area contributed by atoms with E-state index in [1.807, 2.05) is 47.6 Å². The lowest BCUT2D eigenvalue weighted by atomic mass is 10.0. The molecule has 0 saturated carbocycles. The molecule has 4 heterocycles. The Kier molecular flexibility index (Phi) is 6.53. The van der Waals surface area contributed by atoms with Gasteiger partial charge in [-0.25, -0.2) is 23.4 Å². The standard InChI is InChI=1S/C26H30N6O2S/c1-3-19-15-29-26(30-16-19)31-11-9-22(10-12-31)27-17-20-4-7-25(28-18-20)32-13-8-21-14-23(35(2,33)34)5-6-24(21)32/h4-8,13-16,18,22,27H,3,9-12,17H2,1-2H3. The average molecular weight is 491 g/mol. The molecule has 4 aromatic rings. The van der Waals surface area contributed by atoms with Crippen LogP contribution in [0.3, 0.4) is 0 Å². The van der Waals surface area contributed by atoms with Crippen LogP contribution in [0.15, 0.2) is 66.1 Å². The normalized spacial score (nSPS) is 15.1. The summed E-state index contributed by atoms with van der Waals surface area (Å²) >= 11 is 0. The van der Waals surface area contributed by atoms with Crippen molar-refractivity contribution in [1.82, 2.24) is 24.8 Å². The molecule has 5 rings (SSSR count). The van der Waals surface area contributed by atoms with Gasteiger partial charge in [0.2, 0.25) is 5.95 Å². The fourth-order valence-corrected chi connectivity index (χ4v) is 5.11. The number of sulfone groups is 1. The molecule has 3 aromatic heterocycles. The van der Waals surface area contributed by atoms with Crippen LogP contribution in [0.25, 0.3) is 16.7 Å². The first kappa shape index (κ1) is 23.4. The van der Waals surface area contributed by atoms with Crippen molar-refractivity contribution < 1.29 is 8.42 Å². The zero-order chi connectivity index (χ0) is 24.4. The summed E-state index contributed by atoms with van der Waals surface area (Å²) in [5.74, 6) is 1.63. The molecule has 0 radical (unpaired) electrons. The van der Waals surface area contributed by atoms with Gasteiger partial charge < -0.3 is 14.8 Å².